The van der Waals surface area contributed by atoms with Crippen molar-refractivity contribution in [2.45, 2.75) is 50.6 Å². The number of methoxy groups -OCH3 is 1. The van der Waals surface area contributed by atoms with Crippen LogP contribution in [0.1, 0.15) is 38.5 Å². The Morgan fingerprint density at radius 2 is 2.04 bits per heavy atom. The predicted molar refractivity (Wildman–Crippen MR) is 96.9 cm³/mol. The quantitative estimate of drug-likeness (QED) is 0.913. The van der Waals surface area contributed by atoms with Gasteiger partial charge in [-0.25, -0.2) is 4.79 Å². The minimum Gasteiger partial charge on any atom is -0.497 e. The van der Waals surface area contributed by atoms with Crippen LogP contribution in [0, 0.1) is 0 Å². The average molecular weight is 345 g/mol. The van der Waals surface area contributed by atoms with E-state index in [0.717, 1.165) is 24.3 Å². The smallest absolute Gasteiger partial charge is 0.317 e. The molecule has 2 fully saturated rings. The van der Waals surface area contributed by atoms with E-state index in [-0.39, 0.29) is 18.0 Å². The molecule has 1 atom stereocenters. The number of rotatable bonds is 4. The third-order valence-electron chi connectivity index (χ3n) is 5.26. The molecule has 1 saturated heterocycles. The van der Waals surface area contributed by atoms with Gasteiger partial charge in [-0.1, -0.05) is 25.3 Å². The van der Waals surface area contributed by atoms with Gasteiger partial charge in [0.15, 0.2) is 0 Å². The predicted octanol–water partition coefficient (Wildman–Crippen LogP) is 2.77. The van der Waals surface area contributed by atoms with Crippen molar-refractivity contribution in [1.82, 2.24) is 10.2 Å². The van der Waals surface area contributed by atoms with E-state index < -0.39 is 0 Å². The number of nitrogens with zero attached hydrogens (tertiary/aromatic N) is 2. The zero-order valence-electron chi connectivity index (χ0n) is 15.0. The number of nitrogens with one attached hydrogen (secondary N) is 1. The number of carbonyl (C=O) groups is 2. The molecule has 0 unspecified atom stereocenters. The van der Waals surface area contributed by atoms with E-state index in [4.69, 9.17) is 4.74 Å². The van der Waals surface area contributed by atoms with Crippen molar-refractivity contribution < 1.29 is 14.3 Å². The first kappa shape index (κ1) is 17.6. The number of hydrogen-bond donors (Lipinski definition) is 1. The Morgan fingerprint density at radius 3 is 2.76 bits per heavy atom. The first-order valence-electron chi connectivity index (χ1n) is 9.06. The first-order valence-corrected chi connectivity index (χ1v) is 9.06. The molecule has 3 rings (SSSR count). The highest BCUT2D eigenvalue weighted by atomic mass is 16.5. The number of hydrogen-bond acceptors (Lipinski definition) is 3. The summed E-state index contributed by atoms with van der Waals surface area (Å²) in [5.74, 6) is 0.744. The number of ether oxygens (including phenoxy) is 1. The summed E-state index contributed by atoms with van der Waals surface area (Å²) < 4.78 is 5.23. The molecule has 6 nitrogen and oxygen atoms in total. The van der Waals surface area contributed by atoms with Gasteiger partial charge in [0.1, 0.15) is 5.75 Å². The van der Waals surface area contributed by atoms with E-state index in [2.05, 4.69) is 5.32 Å². The van der Waals surface area contributed by atoms with Crippen molar-refractivity contribution in [2.24, 2.45) is 0 Å². The highest BCUT2D eigenvalue weighted by Crippen LogP contribution is 2.26. The number of urea groups is 1. The van der Waals surface area contributed by atoms with Crippen molar-refractivity contribution in [3.63, 3.8) is 0 Å². The molecule has 1 heterocycles. The van der Waals surface area contributed by atoms with Crippen molar-refractivity contribution in [2.75, 3.05) is 25.6 Å². The van der Waals surface area contributed by atoms with Crippen LogP contribution in [0.3, 0.4) is 0 Å². The summed E-state index contributed by atoms with van der Waals surface area (Å²) in [6, 6.07) is 7.54. The zero-order chi connectivity index (χ0) is 17.8. The lowest BCUT2D eigenvalue weighted by Gasteiger charge is -2.32. The van der Waals surface area contributed by atoms with Gasteiger partial charge in [0.25, 0.3) is 0 Å². The Morgan fingerprint density at radius 1 is 1.28 bits per heavy atom. The summed E-state index contributed by atoms with van der Waals surface area (Å²) >= 11 is 0. The van der Waals surface area contributed by atoms with Gasteiger partial charge < -0.3 is 19.9 Å². The Kier molecular flexibility index (Phi) is 5.46. The average Bonchev–Trinajstić information content (AvgIpc) is 3.02. The van der Waals surface area contributed by atoms with Crippen molar-refractivity contribution in [3.05, 3.63) is 24.3 Å². The standard InChI is InChI=1S/C19H27N3O3/c1-21(15-7-4-3-5-8-15)19(24)20-14-11-18(23)22(13-14)16-9-6-10-17(12-16)25-2/h6,9-10,12,14-15H,3-5,7-8,11,13H2,1-2H3,(H,20,24)/t14-/m0/s1. The summed E-state index contributed by atoms with van der Waals surface area (Å²) in [5.41, 5.74) is 0.807. The van der Waals surface area contributed by atoms with Gasteiger partial charge in [0.2, 0.25) is 5.91 Å². The third kappa shape index (κ3) is 4.06. The van der Waals surface area contributed by atoms with E-state index in [1.54, 1.807) is 12.0 Å². The van der Waals surface area contributed by atoms with E-state index in [1.807, 2.05) is 36.2 Å². The van der Waals surface area contributed by atoms with Gasteiger partial charge in [-0.2, -0.15) is 0 Å². The SMILES string of the molecule is COc1cccc(N2C[C@@H](NC(=O)N(C)C3CCCCC3)CC2=O)c1. The normalized spacial score (nSPS) is 21.3. The molecule has 1 aliphatic carbocycles. The van der Waals surface area contributed by atoms with Crippen LogP contribution in [0.5, 0.6) is 5.75 Å². The van der Waals surface area contributed by atoms with E-state index in [0.29, 0.717) is 19.0 Å². The summed E-state index contributed by atoms with van der Waals surface area (Å²) in [4.78, 5) is 28.4. The maximum Gasteiger partial charge on any atom is 0.317 e. The second-order valence-electron chi connectivity index (χ2n) is 6.96. The zero-order valence-corrected chi connectivity index (χ0v) is 15.0. The fraction of sp³-hybridized carbons (Fsp3) is 0.579. The Bertz CT molecular complexity index is 628. The molecule has 0 spiro atoms. The molecule has 136 valence electrons. The second-order valence-corrected chi connectivity index (χ2v) is 6.96. The molecule has 1 aliphatic heterocycles. The molecular weight excluding hydrogens is 318 g/mol. The summed E-state index contributed by atoms with van der Waals surface area (Å²) in [6.45, 7) is 0.496. The lowest BCUT2D eigenvalue weighted by molar-refractivity contribution is -0.117. The summed E-state index contributed by atoms with van der Waals surface area (Å²) in [5, 5.41) is 3.03. The van der Waals surface area contributed by atoms with Crippen LogP contribution >= 0.6 is 0 Å². The Balaban J connectivity index is 1.59. The first-order chi connectivity index (χ1) is 12.1. The van der Waals surface area contributed by atoms with Crippen LogP contribution < -0.4 is 15.0 Å². The molecule has 0 aromatic heterocycles. The number of amides is 3. The molecule has 1 saturated carbocycles. The maximum atomic E-state index is 12.5. The highest BCUT2D eigenvalue weighted by molar-refractivity contribution is 5.97. The fourth-order valence-electron chi connectivity index (χ4n) is 3.74. The molecule has 1 aromatic rings. The second kappa shape index (κ2) is 7.76. The minimum absolute atomic E-state index is 0.0267. The van der Waals surface area contributed by atoms with Crippen LogP contribution in [0.4, 0.5) is 10.5 Å². The van der Waals surface area contributed by atoms with Gasteiger partial charge in [-0.3, -0.25) is 4.79 Å². The molecule has 1 N–H and O–H groups in total. The van der Waals surface area contributed by atoms with Gasteiger partial charge in [0, 0.05) is 37.8 Å². The number of carbonyl (C=O) groups excluding carboxylic acids is 2. The number of benzene rings is 1. The molecule has 6 heteroatoms. The molecule has 25 heavy (non-hydrogen) atoms. The van der Waals surface area contributed by atoms with Gasteiger partial charge in [-0.05, 0) is 25.0 Å². The Labute approximate surface area is 149 Å². The van der Waals surface area contributed by atoms with Gasteiger partial charge in [0.05, 0.1) is 13.2 Å². The molecular formula is C19H27N3O3. The van der Waals surface area contributed by atoms with Crippen LogP contribution in [0.25, 0.3) is 0 Å². The van der Waals surface area contributed by atoms with Crippen molar-refractivity contribution in [3.8, 4) is 5.75 Å². The molecule has 0 bridgehead atoms. The Hall–Kier alpha value is -2.24. The fourth-order valence-corrected chi connectivity index (χ4v) is 3.74. The van der Waals surface area contributed by atoms with E-state index >= 15 is 0 Å². The lowest BCUT2D eigenvalue weighted by Crippen LogP contribution is -2.48. The van der Waals surface area contributed by atoms with Crippen LogP contribution in [-0.4, -0.2) is 49.6 Å². The number of anilines is 1. The minimum atomic E-state index is -0.155. The summed E-state index contributed by atoms with van der Waals surface area (Å²) in [6.07, 6.45) is 6.12. The van der Waals surface area contributed by atoms with Gasteiger partial charge in [-0.15, -0.1) is 0 Å². The molecule has 0 radical (unpaired) electrons. The van der Waals surface area contributed by atoms with E-state index in [9.17, 15) is 9.59 Å². The largest absolute Gasteiger partial charge is 0.497 e. The van der Waals surface area contributed by atoms with Crippen molar-refractivity contribution in [1.29, 1.82) is 0 Å². The topological polar surface area (TPSA) is 61.9 Å². The summed E-state index contributed by atoms with van der Waals surface area (Å²) in [7, 11) is 3.47. The van der Waals surface area contributed by atoms with Crippen molar-refractivity contribution >= 4 is 17.6 Å². The van der Waals surface area contributed by atoms with E-state index in [1.165, 1.54) is 19.3 Å². The molecule has 2 aliphatic rings. The van der Waals surface area contributed by atoms with Crippen LogP contribution in [0.2, 0.25) is 0 Å². The van der Waals surface area contributed by atoms with Crippen LogP contribution in [-0.2, 0) is 4.79 Å². The monoisotopic (exact) mass is 345 g/mol. The molecule has 1 aromatic carbocycles. The maximum absolute atomic E-state index is 12.5. The third-order valence-corrected chi connectivity index (χ3v) is 5.26. The highest BCUT2D eigenvalue weighted by Gasteiger charge is 2.33. The van der Waals surface area contributed by atoms with Gasteiger partial charge >= 0.3 is 6.03 Å². The van der Waals surface area contributed by atoms with Crippen LogP contribution in [0.15, 0.2) is 24.3 Å². The lowest BCUT2D eigenvalue weighted by atomic mass is 9.95. The molecule has 3 amide bonds.